The van der Waals surface area contributed by atoms with E-state index in [-0.39, 0.29) is 0 Å². The summed E-state index contributed by atoms with van der Waals surface area (Å²) >= 11 is 0. The van der Waals surface area contributed by atoms with Crippen molar-refractivity contribution in [1.29, 1.82) is 0 Å². The fourth-order valence-electron chi connectivity index (χ4n) is 9.85. The maximum absolute atomic E-state index is 6.26. The average molecular weight is 828 g/mol. The van der Waals surface area contributed by atoms with Crippen molar-refractivity contribution in [2.45, 2.75) is 0 Å². The van der Waals surface area contributed by atoms with Gasteiger partial charge in [-0.3, -0.25) is 0 Å². The molecule has 12 aromatic rings. The van der Waals surface area contributed by atoms with Gasteiger partial charge in [0.15, 0.2) is 5.58 Å². The fraction of sp³-hybridized carbons (Fsp3) is 0. The van der Waals surface area contributed by atoms with E-state index < -0.39 is 0 Å². The number of benzene rings is 11. The minimum absolute atomic E-state index is 0.618. The third kappa shape index (κ3) is 6.80. The monoisotopic (exact) mass is 827 g/mol. The van der Waals surface area contributed by atoms with Crippen LogP contribution >= 0.6 is 0 Å². The molecule has 65 heavy (non-hydrogen) atoms. The molecule has 1 heterocycles. The average Bonchev–Trinajstić information content (AvgIpc) is 3.83. The molecule has 0 unspecified atom stereocenters. The first-order valence-electron chi connectivity index (χ1n) is 22.2. The molecule has 2 nitrogen and oxygen atoms in total. The Morgan fingerprint density at radius 3 is 1.12 bits per heavy atom. The Balaban J connectivity index is 1.12. The minimum atomic E-state index is 0.618. The lowest BCUT2D eigenvalue weighted by atomic mass is 9.78. The molecule has 0 aliphatic carbocycles. The van der Waals surface area contributed by atoms with E-state index in [0.717, 1.165) is 33.4 Å². The summed E-state index contributed by atoms with van der Waals surface area (Å²) in [7, 11) is 0. The van der Waals surface area contributed by atoms with E-state index in [1.54, 1.807) is 0 Å². The van der Waals surface area contributed by atoms with Gasteiger partial charge in [-0.1, -0.05) is 212 Å². The number of nitrogens with zero attached hydrogens (tertiary/aromatic N) is 1. The van der Waals surface area contributed by atoms with E-state index in [1.165, 1.54) is 82.7 Å². The molecule has 0 spiro atoms. The van der Waals surface area contributed by atoms with Crippen LogP contribution in [0.2, 0.25) is 0 Å². The third-order valence-corrected chi connectivity index (χ3v) is 12.7. The van der Waals surface area contributed by atoms with Gasteiger partial charge in [-0.2, -0.15) is 0 Å². The zero-order chi connectivity index (χ0) is 43.1. The van der Waals surface area contributed by atoms with Crippen molar-refractivity contribution >= 4 is 32.6 Å². The van der Waals surface area contributed by atoms with Crippen molar-refractivity contribution < 1.29 is 4.42 Å². The molecule has 11 aromatic carbocycles. The molecular formula is C63H41NO. The Hall–Kier alpha value is -8.59. The van der Waals surface area contributed by atoms with Crippen LogP contribution < -0.4 is 0 Å². The summed E-state index contributed by atoms with van der Waals surface area (Å²) in [5.74, 6) is 0.618. The summed E-state index contributed by atoms with van der Waals surface area (Å²) in [6.07, 6.45) is 0. The van der Waals surface area contributed by atoms with Crippen molar-refractivity contribution in [2.24, 2.45) is 0 Å². The Morgan fingerprint density at radius 1 is 0.246 bits per heavy atom. The lowest BCUT2D eigenvalue weighted by Crippen LogP contribution is -1.98. The molecule has 0 radical (unpaired) electrons. The van der Waals surface area contributed by atoms with Gasteiger partial charge in [0.1, 0.15) is 5.52 Å². The quantitative estimate of drug-likeness (QED) is 0.143. The molecular weight excluding hydrogens is 787 g/mol. The lowest BCUT2D eigenvalue weighted by molar-refractivity contribution is 0.620. The lowest BCUT2D eigenvalue weighted by Gasteiger charge is -2.25. The number of hydrogen-bond acceptors (Lipinski definition) is 2. The summed E-state index contributed by atoms with van der Waals surface area (Å²) in [6.45, 7) is 0. The molecule has 0 aliphatic heterocycles. The minimum Gasteiger partial charge on any atom is -0.436 e. The topological polar surface area (TPSA) is 26.0 Å². The number of oxazole rings is 1. The molecule has 304 valence electrons. The zero-order valence-electron chi connectivity index (χ0n) is 35.5. The van der Waals surface area contributed by atoms with Crippen LogP contribution in [-0.2, 0) is 0 Å². The number of hydrogen-bond donors (Lipinski definition) is 0. The predicted molar refractivity (Wildman–Crippen MR) is 273 cm³/mol. The Labute approximate surface area is 378 Å². The van der Waals surface area contributed by atoms with E-state index in [9.17, 15) is 0 Å². The summed E-state index contributed by atoms with van der Waals surface area (Å²) in [4.78, 5) is 4.85. The molecule has 2 heteroatoms. The Bertz CT molecular complexity index is 3590. The van der Waals surface area contributed by atoms with E-state index in [0.29, 0.717) is 5.89 Å². The predicted octanol–water partition coefficient (Wildman–Crippen LogP) is 17.5. The molecule has 0 saturated carbocycles. The van der Waals surface area contributed by atoms with Crippen LogP contribution in [-0.4, -0.2) is 4.98 Å². The van der Waals surface area contributed by atoms with Crippen LogP contribution in [0.5, 0.6) is 0 Å². The number of aromatic nitrogens is 1. The van der Waals surface area contributed by atoms with Crippen molar-refractivity contribution in [3.63, 3.8) is 0 Å². The molecule has 0 aliphatic rings. The van der Waals surface area contributed by atoms with Crippen LogP contribution in [0.15, 0.2) is 253 Å². The first-order valence-corrected chi connectivity index (χ1v) is 22.2. The Kier molecular flexibility index (Phi) is 9.54. The highest BCUT2D eigenvalue weighted by molar-refractivity contribution is 6.22. The van der Waals surface area contributed by atoms with Gasteiger partial charge >= 0.3 is 0 Å². The normalized spacial score (nSPS) is 11.4. The van der Waals surface area contributed by atoms with Crippen LogP contribution in [0, 0.1) is 0 Å². The smallest absolute Gasteiger partial charge is 0.227 e. The van der Waals surface area contributed by atoms with Crippen molar-refractivity contribution in [3.05, 3.63) is 249 Å². The highest BCUT2D eigenvalue weighted by Crippen LogP contribution is 2.51. The summed E-state index contributed by atoms with van der Waals surface area (Å²) < 4.78 is 6.26. The van der Waals surface area contributed by atoms with E-state index >= 15 is 0 Å². The molecule has 1 aromatic heterocycles. The second kappa shape index (κ2) is 16.3. The van der Waals surface area contributed by atoms with Gasteiger partial charge in [-0.15, -0.1) is 0 Å². The maximum Gasteiger partial charge on any atom is 0.227 e. The first-order chi connectivity index (χ1) is 32.3. The highest BCUT2D eigenvalue weighted by atomic mass is 16.3. The van der Waals surface area contributed by atoms with Gasteiger partial charge in [-0.05, 0) is 136 Å². The van der Waals surface area contributed by atoms with Gasteiger partial charge in [0.05, 0.1) is 0 Å². The Morgan fingerprint density at radius 2 is 0.615 bits per heavy atom. The van der Waals surface area contributed by atoms with Gasteiger partial charge < -0.3 is 4.42 Å². The van der Waals surface area contributed by atoms with E-state index in [1.807, 2.05) is 24.3 Å². The summed E-state index contributed by atoms with van der Waals surface area (Å²) in [6, 6.07) is 89.5. The highest BCUT2D eigenvalue weighted by Gasteiger charge is 2.25. The van der Waals surface area contributed by atoms with Crippen molar-refractivity contribution in [1.82, 2.24) is 4.98 Å². The molecule has 0 saturated heterocycles. The van der Waals surface area contributed by atoms with Crippen molar-refractivity contribution in [2.75, 3.05) is 0 Å². The van der Waals surface area contributed by atoms with E-state index in [4.69, 9.17) is 9.40 Å². The molecule has 0 amide bonds. The summed E-state index contributed by atoms with van der Waals surface area (Å²) in [5.41, 5.74) is 19.1. The zero-order valence-corrected chi connectivity index (χ0v) is 35.5. The van der Waals surface area contributed by atoms with Crippen LogP contribution in [0.1, 0.15) is 0 Å². The molecule has 0 fully saturated rings. The van der Waals surface area contributed by atoms with Crippen molar-refractivity contribution in [3.8, 4) is 89.3 Å². The second-order valence-corrected chi connectivity index (χ2v) is 16.6. The van der Waals surface area contributed by atoms with Gasteiger partial charge in [0.2, 0.25) is 5.89 Å². The molecule has 0 atom stereocenters. The van der Waals surface area contributed by atoms with Crippen LogP contribution in [0.25, 0.3) is 122 Å². The number of fused-ring (bicyclic) bond motifs is 3. The second-order valence-electron chi connectivity index (χ2n) is 16.6. The first kappa shape index (κ1) is 38.1. The van der Waals surface area contributed by atoms with Gasteiger partial charge in [0, 0.05) is 5.56 Å². The van der Waals surface area contributed by atoms with Gasteiger partial charge in [-0.25, -0.2) is 4.98 Å². The standard InChI is InChI=1S/C63H41NO/c1-5-21-42(22-6-1)54-41-55(61(44-25-9-3-10-26-44)62(45-27-11-4-12-28-45)60(54)43-23-7-2-8-24-43)46-29-19-30-47(39-46)58-50-33-13-15-35-52(50)59(53-36-16-14-34-51(53)58)48-31-20-32-49(40-48)63-64-56-37-17-18-38-57(56)65-63/h1-41H. The number of para-hydroxylation sites is 2. The maximum atomic E-state index is 6.26. The van der Waals surface area contributed by atoms with Crippen LogP contribution in [0.4, 0.5) is 0 Å². The third-order valence-electron chi connectivity index (χ3n) is 12.7. The van der Waals surface area contributed by atoms with Crippen LogP contribution in [0.3, 0.4) is 0 Å². The van der Waals surface area contributed by atoms with E-state index in [2.05, 4.69) is 224 Å². The fourth-order valence-corrected chi connectivity index (χ4v) is 9.85. The SMILES string of the molecule is c1ccc(-c2cc(-c3cccc(-c4c5ccccc5c(-c5cccc(-c6nc7ccccc7o6)c5)c5ccccc45)c3)c(-c3ccccc3)c(-c3ccccc3)c2-c2ccccc2)cc1. The molecule has 0 bridgehead atoms. The largest absolute Gasteiger partial charge is 0.436 e. The summed E-state index contributed by atoms with van der Waals surface area (Å²) in [5, 5.41) is 4.78. The molecule has 12 rings (SSSR count). The van der Waals surface area contributed by atoms with Gasteiger partial charge in [0.25, 0.3) is 0 Å². The molecule has 0 N–H and O–H groups in total. The number of rotatable bonds is 8.